The molecule has 1 aromatic heterocycles. The Morgan fingerprint density at radius 3 is 2.91 bits per heavy atom. The van der Waals surface area contributed by atoms with Crippen LogP contribution in [0, 0.1) is 0 Å². The molecule has 0 N–H and O–H groups in total. The lowest BCUT2D eigenvalue weighted by atomic mass is 10.2. The zero-order valence-electron chi connectivity index (χ0n) is 13.6. The number of anilines is 1. The van der Waals surface area contributed by atoms with Gasteiger partial charge < -0.3 is 19.3 Å². The normalized spacial score (nSPS) is 21.0. The molecule has 0 radical (unpaired) electrons. The van der Waals surface area contributed by atoms with Crippen molar-refractivity contribution in [2.24, 2.45) is 0 Å². The predicted octanol–water partition coefficient (Wildman–Crippen LogP) is 2.34. The van der Waals surface area contributed by atoms with E-state index < -0.39 is 5.60 Å². The second kappa shape index (κ2) is 6.03. The summed E-state index contributed by atoms with van der Waals surface area (Å²) in [5, 5.41) is 8.38. The standard InChI is InChI=1S/C15H21ClN4O3/c1-15(2,3)23-14(21)19-5-4-10(9-19)20-6-7-22-11-8-12(16)17-18-13(11)20/h8,10H,4-7,9H2,1-3H3/t10-/m1/s1. The molecule has 0 unspecified atom stereocenters. The number of halogens is 1. The van der Waals surface area contributed by atoms with Crippen molar-refractivity contribution in [2.45, 2.75) is 38.8 Å². The van der Waals surface area contributed by atoms with Crippen LogP contribution < -0.4 is 9.64 Å². The van der Waals surface area contributed by atoms with Gasteiger partial charge in [-0.2, -0.15) is 0 Å². The highest BCUT2D eigenvalue weighted by Crippen LogP contribution is 2.33. The summed E-state index contributed by atoms with van der Waals surface area (Å²) in [7, 11) is 0. The Labute approximate surface area is 140 Å². The van der Waals surface area contributed by atoms with Crippen molar-refractivity contribution in [2.75, 3.05) is 31.1 Å². The van der Waals surface area contributed by atoms with Gasteiger partial charge >= 0.3 is 6.09 Å². The van der Waals surface area contributed by atoms with Crippen molar-refractivity contribution in [3.05, 3.63) is 11.2 Å². The van der Waals surface area contributed by atoms with Gasteiger partial charge in [-0.05, 0) is 27.2 Å². The molecule has 1 fully saturated rings. The number of aromatic nitrogens is 2. The molecule has 2 aliphatic heterocycles. The number of hydrogen-bond donors (Lipinski definition) is 0. The number of carbonyl (C=O) groups excluding carboxylic acids is 1. The maximum atomic E-state index is 12.2. The maximum Gasteiger partial charge on any atom is 0.410 e. The topological polar surface area (TPSA) is 67.8 Å². The molecular formula is C15H21ClN4O3. The van der Waals surface area contributed by atoms with Gasteiger partial charge in [0.25, 0.3) is 0 Å². The van der Waals surface area contributed by atoms with E-state index in [4.69, 9.17) is 21.1 Å². The molecule has 0 aromatic carbocycles. The molecule has 0 aliphatic carbocycles. The molecule has 8 heteroatoms. The Morgan fingerprint density at radius 2 is 2.17 bits per heavy atom. The molecule has 2 aliphatic rings. The van der Waals surface area contributed by atoms with Crippen LogP contribution in [0.5, 0.6) is 5.75 Å². The number of ether oxygens (including phenoxy) is 2. The molecule has 0 bridgehead atoms. The van der Waals surface area contributed by atoms with E-state index >= 15 is 0 Å². The second-order valence-corrected chi connectivity index (χ2v) is 7.15. The van der Waals surface area contributed by atoms with Gasteiger partial charge in [0, 0.05) is 19.2 Å². The van der Waals surface area contributed by atoms with Crippen LogP contribution in [0.1, 0.15) is 27.2 Å². The van der Waals surface area contributed by atoms with E-state index in [0.717, 1.165) is 13.0 Å². The van der Waals surface area contributed by atoms with E-state index in [0.29, 0.717) is 36.4 Å². The molecule has 23 heavy (non-hydrogen) atoms. The molecule has 1 saturated heterocycles. The minimum absolute atomic E-state index is 0.181. The quantitative estimate of drug-likeness (QED) is 0.781. The zero-order chi connectivity index (χ0) is 16.6. The van der Waals surface area contributed by atoms with Gasteiger partial charge in [0.05, 0.1) is 12.6 Å². The summed E-state index contributed by atoms with van der Waals surface area (Å²) in [6.45, 7) is 8.18. The van der Waals surface area contributed by atoms with E-state index in [1.807, 2.05) is 20.8 Å². The van der Waals surface area contributed by atoms with Crippen molar-refractivity contribution in [1.29, 1.82) is 0 Å². The number of hydrogen-bond acceptors (Lipinski definition) is 6. The lowest BCUT2D eigenvalue weighted by molar-refractivity contribution is 0.0292. The molecule has 1 atom stereocenters. The van der Waals surface area contributed by atoms with Gasteiger partial charge in [0.1, 0.15) is 12.2 Å². The summed E-state index contributed by atoms with van der Waals surface area (Å²) in [4.78, 5) is 16.1. The molecule has 3 rings (SSSR count). The van der Waals surface area contributed by atoms with Gasteiger partial charge in [-0.15, -0.1) is 10.2 Å². The first kappa shape index (κ1) is 16.1. The Balaban J connectivity index is 1.70. The van der Waals surface area contributed by atoms with E-state index in [1.165, 1.54) is 0 Å². The van der Waals surface area contributed by atoms with Crippen LogP contribution >= 0.6 is 11.6 Å². The molecule has 7 nitrogen and oxygen atoms in total. The first-order chi connectivity index (χ1) is 10.8. The smallest absolute Gasteiger partial charge is 0.410 e. The van der Waals surface area contributed by atoms with Gasteiger partial charge in [0.2, 0.25) is 0 Å². The molecule has 0 spiro atoms. The third-order valence-electron chi connectivity index (χ3n) is 3.83. The zero-order valence-corrected chi connectivity index (χ0v) is 14.3. The number of fused-ring (bicyclic) bond motifs is 1. The Kier molecular flexibility index (Phi) is 4.23. The van der Waals surface area contributed by atoms with Gasteiger partial charge in [-0.1, -0.05) is 11.6 Å². The van der Waals surface area contributed by atoms with Crippen LogP contribution in [0.4, 0.5) is 10.6 Å². The van der Waals surface area contributed by atoms with Crippen molar-refractivity contribution >= 4 is 23.5 Å². The molecule has 1 amide bonds. The number of amides is 1. The molecule has 3 heterocycles. The second-order valence-electron chi connectivity index (χ2n) is 6.77. The van der Waals surface area contributed by atoms with Gasteiger partial charge in [0.15, 0.2) is 16.7 Å². The first-order valence-corrected chi connectivity index (χ1v) is 8.12. The monoisotopic (exact) mass is 340 g/mol. The highest BCUT2D eigenvalue weighted by atomic mass is 35.5. The van der Waals surface area contributed by atoms with Crippen molar-refractivity contribution in [3.63, 3.8) is 0 Å². The summed E-state index contributed by atoms with van der Waals surface area (Å²) < 4.78 is 11.0. The number of likely N-dealkylation sites (tertiary alicyclic amines) is 1. The van der Waals surface area contributed by atoms with E-state index in [-0.39, 0.29) is 12.1 Å². The summed E-state index contributed by atoms with van der Waals surface area (Å²) in [5.74, 6) is 1.34. The number of carbonyl (C=O) groups is 1. The highest BCUT2D eigenvalue weighted by Gasteiger charge is 2.35. The molecule has 126 valence electrons. The van der Waals surface area contributed by atoms with E-state index in [9.17, 15) is 4.79 Å². The van der Waals surface area contributed by atoms with Crippen LogP contribution in [-0.4, -0.2) is 59.1 Å². The lowest BCUT2D eigenvalue weighted by Crippen LogP contribution is -2.44. The van der Waals surface area contributed by atoms with E-state index in [2.05, 4.69) is 15.1 Å². The van der Waals surface area contributed by atoms with E-state index in [1.54, 1.807) is 11.0 Å². The Morgan fingerprint density at radius 1 is 1.39 bits per heavy atom. The first-order valence-electron chi connectivity index (χ1n) is 7.74. The number of nitrogens with zero attached hydrogens (tertiary/aromatic N) is 4. The Hall–Kier alpha value is -1.76. The molecule has 0 saturated carbocycles. The summed E-state index contributed by atoms with van der Waals surface area (Å²) in [6.07, 6.45) is 0.596. The summed E-state index contributed by atoms with van der Waals surface area (Å²) >= 11 is 5.87. The van der Waals surface area contributed by atoms with Gasteiger partial charge in [-0.25, -0.2) is 4.79 Å². The number of rotatable bonds is 1. The fourth-order valence-electron chi connectivity index (χ4n) is 2.86. The van der Waals surface area contributed by atoms with Crippen LogP contribution in [-0.2, 0) is 4.74 Å². The predicted molar refractivity (Wildman–Crippen MR) is 86.1 cm³/mol. The van der Waals surface area contributed by atoms with Gasteiger partial charge in [-0.3, -0.25) is 0 Å². The minimum Gasteiger partial charge on any atom is -0.488 e. The summed E-state index contributed by atoms with van der Waals surface area (Å²) in [5.41, 5.74) is -0.483. The van der Waals surface area contributed by atoms with Crippen molar-refractivity contribution in [1.82, 2.24) is 15.1 Å². The summed E-state index contributed by atoms with van der Waals surface area (Å²) in [6, 6.07) is 1.86. The van der Waals surface area contributed by atoms with Crippen LogP contribution in [0.3, 0.4) is 0 Å². The van der Waals surface area contributed by atoms with Crippen molar-refractivity contribution in [3.8, 4) is 5.75 Å². The fourth-order valence-corrected chi connectivity index (χ4v) is 2.99. The SMILES string of the molecule is CC(C)(C)OC(=O)N1CC[C@@H](N2CCOc3cc(Cl)nnc32)C1. The molecule has 1 aromatic rings. The average Bonchev–Trinajstić information content (AvgIpc) is 2.94. The molecular weight excluding hydrogens is 320 g/mol. The highest BCUT2D eigenvalue weighted by molar-refractivity contribution is 6.29. The largest absolute Gasteiger partial charge is 0.488 e. The minimum atomic E-state index is -0.483. The fraction of sp³-hybridized carbons (Fsp3) is 0.667. The van der Waals surface area contributed by atoms with Crippen LogP contribution in [0.15, 0.2) is 6.07 Å². The third-order valence-corrected chi connectivity index (χ3v) is 4.01. The van der Waals surface area contributed by atoms with Crippen LogP contribution in [0.2, 0.25) is 5.15 Å². The third kappa shape index (κ3) is 3.60. The Bertz CT molecular complexity index is 605. The maximum absolute atomic E-state index is 12.2. The average molecular weight is 341 g/mol. The lowest BCUT2D eigenvalue weighted by Gasteiger charge is -2.34. The van der Waals surface area contributed by atoms with Crippen LogP contribution in [0.25, 0.3) is 0 Å². The van der Waals surface area contributed by atoms with Crippen molar-refractivity contribution < 1.29 is 14.3 Å².